The zero-order valence-corrected chi connectivity index (χ0v) is 21.8. The predicted molar refractivity (Wildman–Crippen MR) is 149 cm³/mol. The molecule has 1 heterocycles. The Morgan fingerprint density at radius 1 is 1.18 bits per heavy atom. The maximum atomic E-state index is 14.3. The van der Waals surface area contributed by atoms with E-state index in [1.165, 1.54) is 18.2 Å². The second kappa shape index (κ2) is 14.0. The Morgan fingerprint density at radius 2 is 1.93 bits per heavy atom. The van der Waals surface area contributed by atoms with Gasteiger partial charge in [-0.15, -0.1) is 5.10 Å². The van der Waals surface area contributed by atoms with Gasteiger partial charge in [-0.05, 0) is 59.7 Å². The smallest absolute Gasteiger partial charge is 0.393 e. The van der Waals surface area contributed by atoms with Crippen molar-refractivity contribution in [2.75, 3.05) is 19.7 Å². The molecule has 0 spiro atoms. The number of nitrogens with zero attached hydrogens (tertiary/aromatic N) is 2. The number of carbonyl (C=O) groups is 1. The summed E-state index contributed by atoms with van der Waals surface area (Å²) in [6, 6.07) is 12.9. The number of alkyl halides is 3. The van der Waals surface area contributed by atoms with E-state index >= 15 is 0 Å². The third kappa shape index (κ3) is 8.77. The van der Waals surface area contributed by atoms with Crippen molar-refractivity contribution in [1.82, 2.24) is 15.5 Å². The van der Waals surface area contributed by atoms with Crippen LogP contribution in [0, 0.1) is 5.95 Å². The van der Waals surface area contributed by atoms with Crippen LogP contribution < -0.4 is 11.1 Å². The highest BCUT2D eigenvalue weighted by Crippen LogP contribution is 2.40. The van der Waals surface area contributed by atoms with E-state index in [0.717, 1.165) is 0 Å². The van der Waals surface area contributed by atoms with Gasteiger partial charge in [0, 0.05) is 19.2 Å². The third-order valence-corrected chi connectivity index (χ3v) is 5.71. The van der Waals surface area contributed by atoms with Crippen LogP contribution >= 0.6 is 0 Å². The minimum absolute atomic E-state index is 0.0285. The molecule has 0 bridgehead atoms. The summed E-state index contributed by atoms with van der Waals surface area (Å²) in [5.41, 5.74) is 7.00. The van der Waals surface area contributed by atoms with Crippen LogP contribution in [0.4, 0.5) is 17.6 Å². The number of allylic oxidation sites excluding steroid dienone is 5. The van der Waals surface area contributed by atoms with Crippen molar-refractivity contribution in [2.45, 2.75) is 19.5 Å². The number of aromatic amines is 1. The summed E-state index contributed by atoms with van der Waals surface area (Å²) >= 11 is 0. The molecule has 0 radical (unpaired) electrons. The van der Waals surface area contributed by atoms with Crippen molar-refractivity contribution >= 4 is 34.7 Å². The molecule has 0 aliphatic carbocycles. The molecule has 4 N–H and O–H groups in total. The predicted octanol–water partition coefficient (Wildman–Crippen LogP) is 5.70. The van der Waals surface area contributed by atoms with Gasteiger partial charge in [0.1, 0.15) is 6.61 Å². The van der Waals surface area contributed by atoms with E-state index in [1.807, 2.05) is 0 Å². The molecule has 7 nitrogen and oxygen atoms in total. The van der Waals surface area contributed by atoms with Gasteiger partial charge in [-0.1, -0.05) is 48.6 Å². The number of H-pyrrole nitrogens is 1. The standard InChI is InChI=1S/C29H29F4N5O2/c1-19(10-13-26(35-2)40-16-15-36-14-6-9-25(34)39)27(21-11-12-24-22(17-21)28(30)38-37-24)23(18-29(31,32)33)20-7-4-3-5-8-20/h3-13,17,36H,2,14-16,18H2,1H3,(H2,34,39)(H,37,38)/b9-6+,19-10+,26-13+,27-23+. The minimum atomic E-state index is -4.51. The highest BCUT2D eigenvalue weighted by Gasteiger charge is 2.31. The average Bonchev–Trinajstić information content (AvgIpc) is 3.29. The van der Waals surface area contributed by atoms with Crippen LogP contribution in [0.1, 0.15) is 24.5 Å². The van der Waals surface area contributed by atoms with E-state index in [9.17, 15) is 22.4 Å². The molecule has 0 aliphatic rings. The second-order valence-electron chi connectivity index (χ2n) is 8.66. The Balaban J connectivity index is 2.00. The van der Waals surface area contributed by atoms with E-state index in [0.29, 0.717) is 35.3 Å². The summed E-state index contributed by atoms with van der Waals surface area (Å²) in [5.74, 6) is -1.14. The molecule has 0 saturated carbocycles. The highest BCUT2D eigenvalue weighted by molar-refractivity contribution is 6.00. The SMILES string of the molecule is C=N\C(=C/C=C(C)/C(=C(/CC(F)(F)F)c1ccccc1)c1ccc2[nH]nc(F)c2c1)OCCNC/C=C/C(N)=O. The molecule has 0 fully saturated rings. The lowest BCUT2D eigenvalue weighted by Crippen LogP contribution is -2.20. The number of nitrogens with two attached hydrogens (primary N) is 1. The Labute approximate surface area is 228 Å². The first-order chi connectivity index (χ1) is 19.1. The number of nitrogens with one attached hydrogen (secondary N) is 2. The first kappa shape index (κ1) is 30.0. The number of aliphatic imine (C=N–C) groups is 1. The molecule has 11 heteroatoms. The van der Waals surface area contributed by atoms with Crippen LogP contribution in [0.15, 0.2) is 89.3 Å². The van der Waals surface area contributed by atoms with Crippen LogP contribution in [0.5, 0.6) is 0 Å². The van der Waals surface area contributed by atoms with Crippen LogP contribution in [0.3, 0.4) is 0 Å². The molecule has 2 aromatic carbocycles. The zero-order chi connectivity index (χ0) is 29.1. The monoisotopic (exact) mass is 555 g/mol. The number of halogens is 4. The molecule has 0 saturated heterocycles. The summed E-state index contributed by atoms with van der Waals surface area (Å²) < 4.78 is 61.4. The highest BCUT2D eigenvalue weighted by atomic mass is 19.4. The van der Waals surface area contributed by atoms with Crippen LogP contribution in [-0.4, -0.2) is 48.7 Å². The van der Waals surface area contributed by atoms with E-state index in [2.05, 4.69) is 27.2 Å². The van der Waals surface area contributed by atoms with Gasteiger partial charge in [0.2, 0.25) is 17.7 Å². The fourth-order valence-corrected chi connectivity index (χ4v) is 3.97. The summed E-state index contributed by atoms with van der Waals surface area (Å²) in [7, 11) is 0. The number of hydrogen-bond donors (Lipinski definition) is 3. The van der Waals surface area contributed by atoms with Gasteiger partial charge in [-0.2, -0.15) is 17.6 Å². The molecule has 3 aromatic rings. The lowest BCUT2D eigenvalue weighted by molar-refractivity contribution is -0.123. The lowest BCUT2D eigenvalue weighted by atomic mass is 9.87. The van der Waals surface area contributed by atoms with E-state index in [-0.39, 0.29) is 29.0 Å². The van der Waals surface area contributed by atoms with Crippen molar-refractivity contribution in [1.29, 1.82) is 0 Å². The molecule has 0 atom stereocenters. The van der Waals surface area contributed by atoms with Gasteiger partial charge >= 0.3 is 6.18 Å². The quantitative estimate of drug-likeness (QED) is 0.0479. The number of fused-ring (bicyclic) bond motifs is 1. The van der Waals surface area contributed by atoms with Gasteiger partial charge in [-0.3, -0.25) is 9.89 Å². The molecule has 1 amide bonds. The van der Waals surface area contributed by atoms with E-state index in [1.54, 1.807) is 61.5 Å². The summed E-state index contributed by atoms with van der Waals surface area (Å²) in [6.07, 6.45) is 0.188. The zero-order valence-electron chi connectivity index (χ0n) is 21.8. The van der Waals surface area contributed by atoms with Crippen LogP contribution in [-0.2, 0) is 9.53 Å². The molecule has 40 heavy (non-hydrogen) atoms. The largest absolute Gasteiger partial charge is 0.476 e. The van der Waals surface area contributed by atoms with Crippen molar-refractivity contribution < 1.29 is 27.1 Å². The summed E-state index contributed by atoms with van der Waals surface area (Å²) in [4.78, 5) is 14.5. The number of aromatic nitrogens is 2. The second-order valence-corrected chi connectivity index (χ2v) is 8.66. The molecule has 0 aliphatic heterocycles. The molecule has 1 aromatic heterocycles. The third-order valence-electron chi connectivity index (χ3n) is 5.71. The lowest BCUT2D eigenvalue weighted by Gasteiger charge is -2.19. The molecular formula is C29H29F4N5O2. The van der Waals surface area contributed by atoms with Crippen molar-refractivity contribution in [3.63, 3.8) is 0 Å². The van der Waals surface area contributed by atoms with Gasteiger partial charge in [0.15, 0.2) is 0 Å². The fraction of sp³-hybridized carbons (Fsp3) is 0.207. The maximum absolute atomic E-state index is 14.3. The number of hydrogen-bond acceptors (Lipinski definition) is 5. The number of amides is 1. The van der Waals surface area contributed by atoms with Crippen molar-refractivity contribution in [2.24, 2.45) is 10.7 Å². The summed E-state index contributed by atoms with van der Waals surface area (Å²) in [6.45, 7) is 6.19. The first-order valence-corrected chi connectivity index (χ1v) is 12.2. The Kier molecular flexibility index (Phi) is 10.5. The minimum Gasteiger partial charge on any atom is -0.476 e. The molecule has 210 valence electrons. The first-order valence-electron chi connectivity index (χ1n) is 12.2. The average molecular weight is 556 g/mol. The Morgan fingerprint density at radius 3 is 2.60 bits per heavy atom. The number of carbonyl (C=O) groups excluding carboxylic acids is 1. The molecule has 0 unspecified atom stereocenters. The van der Waals surface area contributed by atoms with Gasteiger partial charge in [0.25, 0.3) is 0 Å². The van der Waals surface area contributed by atoms with Gasteiger partial charge in [0.05, 0.1) is 17.3 Å². The fourth-order valence-electron chi connectivity index (χ4n) is 3.97. The Hall–Kier alpha value is -4.51. The van der Waals surface area contributed by atoms with Gasteiger partial charge < -0.3 is 15.8 Å². The van der Waals surface area contributed by atoms with Crippen LogP contribution in [0.2, 0.25) is 0 Å². The number of primary amides is 1. The number of ether oxygens (including phenoxy) is 1. The number of rotatable bonds is 13. The molecular weight excluding hydrogens is 526 g/mol. The van der Waals surface area contributed by atoms with Gasteiger partial charge in [-0.25, -0.2) is 4.99 Å². The van der Waals surface area contributed by atoms with Crippen molar-refractivity contribution in [3.8, 4) is 0 Å². The van der Waals surface area contributed by atoms with E-state index in [4.69, 9.17) is 10.5 Å². The van der Waals surface area contributed by atoms with E-state index < -0.39 is 24.5 Å². The topological polar surface area (TPSA) is 105 Å². The summed E-state index contributed by atoms with van der Waals surface area (Å²) in [5, 5.41) is 9.30. The normalized spacial score (nSPS) is 13.5. The molecule has 3 rings (SSSR count). The number of benzene rings is 2. The maximum Gasteiger partial charge on any atom is 0.393 e. The van der Waals surface area contributed by atoms with Crippen LogP contribution in [0.25, 0.3) is 22.0 Å². The Bertz CT molecular complexity index is 1450. The van der Waals surface area contributed by atoms with Crippen molar-refractivity contribution in [3.05, 3.63) is 101 Å².